The van der Waals surface area contributed by atoms with Crippen molar-refractivity contribution in [2.75, 3.05) is 23.7 Å². The molecule has 1 aromatic carbocycles. The highest BCUT2D eigenvalue weighted by Crippen LogP contribution is 2.27. The second-order valence-electron chi connectivity index (χ2n) is 12.3. The Kier molecular flexibility index (Phi) is 17.5. The number of nitrogens with zero attached hydrogens (tertiary/aromatic N) is 5. The maximum Gasteiger partial charge on any atom is 0.264 e. The van der Waals surface area contributed by atoms with Crippen LogP contribution in [0.4, 0.5) is 16.8 Å². The van der Waals surface area contributed by atoms with Crippen LogP contribution in [-0.4, -0.2) is 52.9 Å². The number of benzene rings is 1. The molecule has 5 aromatic rings. The summed E-state index contributed by atoms with van der Waals surface area (Å²) < 4.78 is 1.30. The molecule has 4 aromatic heterocycles. The molecule has 5 rings (SSSR count). The van der Waals surface area contributed by atoms with Crippen molar-refractivity contribution in [2.45, 2.75) is 59.8 Å². The average molecular weight is 863 g/mol. The first-order valence-corrected chi connectivity index (χ1v) is 23.8. The summed E-state index contributed by atoms with van der Waals surface area (Å²) in [5.41, 5.74) is 3.47. The largest absolute Gasteiger partial charge is 0.362 e. The van der Waals surface area contributed by atoms with Crippen LogP contribution in [0.3, 0.4) is 0 Å². The average Bonchev–Trinajstić information content (AvgIpc) is 3.87. The number of thiazole rings is 1. The Labute approximate surface area is 344 Å². The molecule has 0 fully saturated rings. The van der Waals surface area contributed by atoms with Gasteiger partial charge in [-0.05, 0) is 79.5 Å². The zero-order chi connectivity index (χ0) is 40.0. The van der Waals surface area contributed by atoms with Crippen LogP contribution in [0.15, 0.2) is 54.4 Å². The normalized spacial score (nSPS) is 11.1. The number of aromatic nitrogens is 4. The Balaban J connectivity index is 0.000000220. The fraction of sp³-hybridized carbons (Fsp3) is 0.306. The second-order valence-corrected chi connectivity index (χ2v) is 21.9. The Morgan fingerprint density at radius 1 is 0.981 bits per heavy atom. The highest BCUT2D eigenvalue weighted by Gasteiger charge is 2.28. The molecular formula is C36H42Cl3N9O2S3Si. The number of hydrogen-bond acceptors (Lipinski definition) is 12. The van der Waals surface area contributed by atoms with E-state index in [1.54, 1.807) is 29.5 Å². The van der Waals surface area contributed by atoms with E-state index in [0.717, 1.165) is 33.4 Å². The molecule has 0 aliphatic heterocycles. The van der Waals surface area contributed by atoms with Gasteiger partial charge in [-0.25, -0.2) is 4.98 Å². The number of aryl methyl sites for hydroxylation is 2. The summed E-state index contributed by atoms with van der Waals surface area (Å²) in [5.74, 6) is 0.0516. The van der Waals surface area contributed by atoms with Gasteiger partial charge in [0.2, 0.25) is 16.5 Å². The van der Waals surface area contributed by atoms with E-state index >= 15 is 0 Å². The summed E-state index contributed by atoms with van der Waals surface area (Å²) in [6.45, 7) is 19.8. The topological polar surface area (TPSA) is 158 Å². The van der Waals surface area contributed by atoms with E-state index in [2.05, 4.69) is 80.4 Å². The number of thiophene rings is 2. The van der Waals surface area contributed by atoms with Gasteiger partial charge in [0.25, 0.3) is 11.8 Å². The van der Waals surface area contributed by atoms with Gasteiger partial charge < -0.3 is 21.3 Å². The molecule has 0 aliphatic rings. The van der Waals surface area contributed by atoms with Crippen molar-refractivity contribution >= 4 is 110 Å². The molecule has 18 heteroatoms. The van der Waals surface area contributed by atoms with Crippen molar-refractivity contribution in [3.05, 3.63) is 101 Å². The van der Waals surface area contributed by atoms with Gasteiger partial charge in [-0.1, -0.05) is 73.8 Å². The molecule has 0 saturated heterocycles. The fourth-order valence-electron chi connectivity index (χ4n) is 4.56. The molecule has 0 radical (unpaired) electrons. The fourth-order valence-corrected chi connectivity index (χ4v) is 10.5. The zero-order valence-electron chi connectivity index (χ0n) is 30.9. The molecule has 0 bridgehead atoms. The van der Waals surface area contributed by atoms with Crippen LogP contribution >= 0.6 is 68.8 Å². The Hall–Kier alpha value is -3.88. The highest BCUT2D eigenvalue weighted by atomic mass is 35.5. The zero-order valence-corrected chi connectivity index (χ0v) is 36.7. The third kappa shape index (κ3) is 12.9. The number of hydrogen-bond donors (Lipinski definition) is 4. The van der Waals surface area contributed by atoms with Gasteiger partial charge in [0, 0.05) is 27.3 Å². The standard InChI is InChI=1S/C14H16N4OS2.C13H21NOSSi.C9H5Cl3N4/c1-3-9-12(21-14(18-9)16-4-2)13(19)17-10(8-15)11-6-5-7-20-11;1-7-8-14-12(15)11-9(2)10(3)16-13(11)17(4,5)6;10-5-3-1-2-4-6(5)13-9-15-7(11)14-8(12)16-9/h5-7,10H,3-4H2,1-2H3,(H,16,18)(H,17,19);7H,1,8H2,2-6H3,(H,14,15);1-4H,(H,13,14,15,16). The van der Waals surface area contributed by atoms with Crippen LogP contribution in [0.25, 0.3) is 0 Å². The lowest BCUT2D eigenvalue weighted by molar-refractivity contribution is 0.0944. The first-order chi connectivity index (χ1) is 25.6. The third-order valence-electron chi connectivity index (χ3n) is 7.20. The number of anilines is 3. The van der Waals surface area contributed by atoms with E-state index in [1.807, 2.05) is 50.4 Å². The van der Waals surface area contributed by atoms with E-state index in [0.29, 0.717) is 28.6 Å². The number of carbonyl (C=O) groups is 2. The lowest BCUT2D eigenvalue weighted by Crippen LogP contribution is -2.41. The van der Waals surface area contributed by atoms with Crippen LogP contribution in [0, 0.1) is 25.2 Å². The van der Waals surface area contributed by atoms with Gasteiger partial charge in [0.1, 0.15) is 4.88 Å². The van der Waals surface area contributed by atoms with Crippen molar-refractivity contribution in [3.8, 4) is 6.07 Å². The van der Waals surface area contributed by atoms with Gasteiger partial charge in [-0.15, -0.1) is 29.3 Å². The van der Waals surface area contributed by atoms with Gasteiger partial charge in [0.15, 0.2) is 11.2 Å². The Morgan fingerprint density at radius 3 is 2.22 bits per heavy atom. The lowest BCUT2D eigenvalue weighted by Gasteiger charge is -2.16. The Bertz CT molecular complexity index is 2060. The van der Waals surface area contributed by atoms with E-state index < -0.39 is 14.1 Å². The quantitative estimate of drug-likeness (QED) is 0.0708. The second kappa shape index (κ2) is 21.3. The third-order valence-corrected chi connectivity index (χ3v) is 14.6. The van der Waals surface area contributed by atoms with E-state index in [-0.39, 0.29) is 28.3 Å². The van der Waals surface area contributed by atoms with E-state index in [9.17, 15) is 14.9 Å². The first kappa shape index (κ1) is 44.5. The summed E-state index contributed by atoms with van der Waals surface area (Å²) in [6, 6.07) is 12.4. The molecule has 4 N–H and O–H groups in total. The maximum absolute atomic E-state index is 12.4. The first-order valence-electron chi connectivity index (χ1n) is 16.7. The lowest BCUT2D eigenvalue weighted by atomic mass is 10.1. The molecule has 2 amide bonds. The number of para-hydroxylation sites is 1. The van der Waals surface area contributed by atoms with Crippen LogP contribution < -0.4 is 25.8 Å². The van der Waals surface area contributed by atoms with E-state index in [4.69, 9.17) is 34.8 Å². The SMILES string of the molecule is C=CCNC(=O)c1c([Si](C)(C)C)sc(C)c1C.CCNc1nc(CC)c(C(=O)NC(C#N)c2cccs2)s1.Clc1nc(Cl)nc(Nc2ccccc2Cl)n1. The molecular weight excluding hydrogens is 821 g/mol. The maximum atomic E-state index is 12.4. The number of halogens is 3. The number of nitrogens with one attached hydrogen (secondary N) is 4. The van der Waals surface area contributed by atoms with Gasteiger partial charge in [-0.3, -0.25) is 9.59 Å². The van der Waals surface area contributed by atoms with Crippen molar-refractivity contribution in [1.82, 2.24) is 30.6 Å². The molecule has 0 aliphatic carbocycles. The molecule has 286 valence electrons. The molecule has 4 heterocycles. The van der Waals surface area contributed by atoms with Crippen LogP contribution in [0.2, 0.25) is 35.2 Å². The van der Waals surface area contributed by atoms with Gasteiger partial charge >= 0.3 is 0 Å². The van der Waals surface area contributed by atoms with Crippen molar-refractivity contribution in [3.63, 3.8) is 0 Å². The molecule has 1 atom stereocenters. The smallest absolute Gasteiger partial charge is 0.264 e. The Morgan fingerprint density at radius 2 is 1.67 bits per heavy atom. The summed E-state index contributed by atoms with van der Waals surface area (Å²) >= 11 is 21.8. The molecule has 0 spiro atoms. The predicted molar refractivity (Wildman–Crippen MR) is 230 cm³/mol. The van der Waals surface area contributed by atoms with Crippen LogP contribution in [0.5, 0.6) is 0 Å². The highest BCUT2D eigenvalue weighted by molar-refractivity contribution is 7.27. The minimum Gasteiger partial charge on any atom is -0.362 e. The number of carbonyl (C=O) groups excluding carboxylic acids is 2. The molecule has 54 heavy (non-hydrogen) atoms. The molecule has 11 nitrogen and oxygen atoms in total. The van der Waals surface area contributed by atoms with Crippen LogP contribution in [-0.2, 0) is 6.42 Å². The number of amides is 2. The summed E-state index contributed by atoms with van der Waals surface area (Å²) in [5, 5.41) is 24.1. The van der Waals surface area contributed by atoms with Gasteiger partial charge in [0.05, 0.1) is 36.1 Å². The minimum absolute atomic E-state index is 0.0227. The molecule has 0 saturated carbocycles. The number of rotatable bonds is 12. The minimum atomic E-state index is -1.46. The monoisotopic (exact) mass is 861 g/mol. The van der Waals surface area contributed by atoms with Crippen LogP contribution in [0.1, 0.15) is 60.9 Å². The number of nitriles is 1. The summed E-state index contributed by atoms with van der Waals surface area (Å²) in [7, 11) is -1.46. The van der Waals surface area contributed by atoms with Crippen molar-refractivity contribution < 1.29 is 9.59 Å². The predicted octanol–water partition coefficient (Wildman–Crippen LogP) is 9.59. The van der Waals surface area contributed by atoms with Gasteiger partial charge in [-0.2, -0.15) is 20.2 Å². The molecule has 1 unspecified atom stereocenters. The van der Waals surface area contributed by atoms with Crippen molar-refractivity contribution in [2.24, 2.45) is 0 Å². The van der Waals surface area contributed by atoms with Crippen molar-refractivity contribution in [1.29, 1.82) is 5.26 Å². The summed E-state index contributed by atoms with van der Waals surface area (Å²) in [6.07, 6.45) is 2.39. The van der Waals surface area contributed by atoms with E-state index in [1.165, 1.54) is 32.1 Å². The summed E-state index contributed by atoms with van der Waals surface area (Å²) in [4.78, 5) is 43.0.